The van der Waals surface area contributed by atoms with E-state index in [4.69, 9.17) is 5.73 Å². The van der Waals surface area contributed by atoms with Crippen LogP contribution in [0.1, 0.15) is 0 Å². The lowest BCUT2D eigenvalue weighted by molar-refractivity contribution is 0.627. The number of rotatable bonds is 1. The number of aliphatic imine (C=N–C) groups is 1. The van der Waals surface area contributed by atoms with Gasteiger partial charge in [0.05, 0.1) is 5.69 Å². The van der Waals surface area contributed by atoms with Crippen LogP contribution in [0, 0.1) is 9.39 Å². The molecular formula is C8H9FIN3. The molecule has 3 N–H and O–H groups in total. The highest BCUT2D eigenvalue weighted by Gasteiger charge is 2.01. The second-order valence-corrected chi connectivity index (χ2v) is 3.52. The molecule has 5 heteroatoms. The van der Waals surface area contributed by atoms with Crippen molar-refractivity contribution >= 4 is 34.2 Å². The third kappa shape index (κ3) is 2.83. The van der Waals surface area contributed by atoms with Crippen LogP contribution >= 0.6 is 22.6 Å². The largest absolute Gasteiger partial charge is 0.370 e. The second kappa shape index (κ2) is 4.40. The van der Waals surface area contributed by atoms with Crippen LogP contribution in [-0.2, 0) is 0 Å². The molecule has 13 heavy (non-hydrogen) atoms. The summed E-state index contributed by atoms with van der Waals surface area (Å²) in [6.07, 6.45) is 0. The molecule has 0 aromatic heterocycles. The maximum atomic E-state index is 12.7. The van der Waals surface area contributed by atoms with Gasteiger partial charge in [0, 0.05) is 10.6 Å². The first-order chi connectivity index (χ1) is 6.13. The quantitative estimate of drug-likeness (QED) is 0.471. The van der Waals surface area contributed by atoms with E-state index in [0.29, 0.717) is 5.96 Å². The van der Waals surface area contributed by atoms with Crippen LogP contribution in [0.3, 0.4) is 0 Å². The van der Waals surface area contributed by atoms with Gasteiger partial charge in [0.1, 0.15) is 5.82 Å². The van der Waals surface area contributed by atoms with Crippen molar-refractivity contribution in [2.24, 2.45) is 10.7 Å². The third-order valence-corrected chi connectivity index (χ3v) is 2.33. The van der Waals surface area contributed by atoms with Gasteiger partial charge in [0.15, 0.2) is 5.96 Å². The highest BCUT2D eigenvalue weighted by atomic mass is 127. The van der Waals surface area contributed by atoms with Gasteiger partial charge in [-0.25, -0.2) is 4.39 Å². The number of anilines is 1. The van der Waals surface area contributed by atoms with Gasteiger partial charge in [-0.1, -0.05) is 0 Å². The summed E-state index contributed by atoms with van der Waals surface area (Å²) in [5, 5.41) is 2.84. The molecule has 3 nitrogen and oxygen atoms in total. The summed E-state index contributed by atoms with van der Waals surface area (Å²) in [5.74, 6) is 0.0477. The Labute approximate surface area is 89.4 Å². The van der Waals surface area contributed by atoms with Crippen molar-refractivity contribution in [2.75, 3.05) is 12.4 Å². The Morgan fingerprint density at radius 1 is 1.62 bits per heavy atom. The zero-order valence-corrected chi connectivity index (χ0v) is 9.17. The molecule has 0 atom stereocenters. The molecule has 0 heterocycles. The normalized spacial score (nSPS) is 11.5. The Balaban J connectivity index is 2.90. The van der Waals surface area contributed by atoms with E-state index in [2.05, 4.69) is 10.3 Å². The Morgan fingerprint density at radius 2 is 2.31 bits per heavy atom. The molecule has 0 spiro atoms. The molecule has 1 rings (SSSR count). The van der Waals surface area contributed by atoms with Gasteiger partial charge in [-0.3, -0.25) is 4.99 Å². The predicted octanol–water partition coefficient (Wildman–Crippen LogP) is 1.79. The third-order valence-electron chi connectivity index (χ3n) is 1.43. The Kier molecular flexibility index (Phi) is 3.47. The SMILES string of the molecule is CN=C(N)Nc1ccc(F)cc1I. The van der Waals surface area contributed by atoms with Crippen LogP contribution in [0.15, 0.2) is 23.2 Å². The summed E-state index contributed by atoms with van der Waals surface area (Å²) in [7, 11) is 1.58. The minimum Gasteiger partial charge on any atom is -0.370 e. The van der Waals surface area contributed by atoms with Crippen molar-refractivity contribution in [1.29, 1.82) is 0 Å². The standard InChI is InChI=1S/C8H9FIN3/c1-12-8(11)13-7-3-2-5(9)4-6(7)10/h2-4H,1H3,(H3,11,12,13). The molecule has 0 fully saturated rings. The first kappa shape index (κ1) is 10.2. The molecule has 1 aromatic carbocycles. The van der Waals surface area contributed by atoms with Gasteiger partial charge < -0.3 is 11.1 Å². The lowest BCUT2D eigenvalue weighted by Gasteiger charge is -2.06. The number of halogens is 2. The summed E-state index contributed by atoms with van der Waals surface area (Å²) >= 11 is 2.02. The van der Waals surface area contributed by atoms with Crippen LogP contribution in [0.2, 0.25) is 0 Å². The molecule has 0 saturated heterocycles. The fourth-order valence-electron chi connectivity index (χ4n) is 0.785. The van der Waals surface area contributed by atoms with E-state index >= 15 is 0 Å². The fraction of sp³-hybridized carbons (Fsp3) is 0.125. The number of benzene rings is 1. The van der Waals surface area contributed by atoms with Crippen molar-refractivity contribution in [1.82, 2.24) is 0 Å². The molecule has 0 bridgehead atoms. The van der Waals surface area contributed by atoms with Crippen LogP contribution in [0.4, 0.5) is 10.1 Å². The summed E-state index contributed by atoms with van der Waals surface area (Å²) in [5.41, 5.74) is 6.21. The van der Waals surface area contributed by atoms with E-state index in [1.807, 2.05) is 22.6 Å². The summed E-state index contributed by atoms with van der Waals surface area (Å²) in [6, 6.07) is 4.41. The van der Waals surface area contributed by atoms with Crippen molar-refractivity contribution in [3.05, 3.63) is 27.6 Å². The van der Waals surface area contributed by atoms with E-state index in [0.717, 1.165) is 9.26 Å². The second-order valence-electron chi connectivity index (χ2n) is 2.36. The van der Waals surface area contributed by atoms with Gasteiger partial charge in [0.2, 0.25) is 0 Å². The highest BCUT2D eigenvalue weighted by molar-refractivity contribution is 14.1. The fourth-order valence-corrected chi connectivity index (χ4v) is 1.40. The average molecular weight is 293 g/mol. The number of nitrogens with two attached hydrogens (primary N) is 1. The molecule has 0 amide bonds. The van der Waals surface area contributed by atoms with E-state index in [1.54, 1.807) is 13.1 Å². The Morgan fingerprint density at radius 3 is 2.85 bits per heavy atom. The van der Waals surface area contributed by atoms with Gasteiger partial charge >= 0.3 is 0 Å². The molecule has 0 aliphatic heterocycles. The number of hydrogen-bond acceptors (Lipinski definition) is 1. The van der Waals surface area contributed by atoms with E-state index < -0.39 is 0 Å². The van der Waals surface area contributed by atoms with E-state index in [1.165, 1.54) is 12.1 Å². The van der Waals surface area contributed by atoms with Crippen LogP contribution in [0.25, 0.3) is 0 Å². The van der Waals surface area contributed by atoms with Crippen LogP contribution in [-0.4, -0.2) is 13.0 Å². The average Bonchev–Trinajstić information content (AvgIpc) is 2.09. The Hall–Kier alpha value is -0.850. The number of hydrogen-bond donors (Lipinski definition) is 2. The smallest absolute Gasteiger partial charge is 0.192 e. The molecule has 1 aromatic rings. The molecule has 70 valence electrons. The monoisotopic (exact) mass is 293 g/mol. The minimum atomic E-state index is -0.262. The first-order valence-corrected chi connectivity index (χ1v) is 4.65. The molecule has 0 saturated carbocycles. The molecule has 0 aliphatic carbocycles. The number of guanidine groups is 1. The lowest BCUT2D eigenvalue weighted by atomic mass is 10.3. The van der Waals surface area contributed by atoms with Crippen LogP contribution in [0.5, 0.6) is 0 Å². The first-order valence-electron chi connectivity index (χ1n) is 3.58. The minimum absolute atomic E-state index is 0.262. The van der Waals surface area contributed by atoms with Crippen molar-refractivity contribution in [2.45, 2.75) is 0 Å². The maximum Gasteiger partial charge on any atom is 0.192 e. The maximum absolute atomic E-state index is 12.7. The van der Waals surface area contributed by atoms with E-state index in [-0.39, 0.29) is 5.82 Å². The Bertz CT molecular complexity index is 338. The van der Waals surface area contributed by atoms with Gasteiger partial charge in [-0.15, -0.1) is 0 Å². The molecule has 0 aliphatic rings. The molecular weight excluding hydrogens is 284 g/mol. The molecule has 0 radical (unpaired) electrons. The topological polar surface area (TPSA) is 50.4 Å². The van der Waals surface area contributed by atoms with E-state index in [9.17, 15) is 4.39 Å². The summed E-state index contributed by atoms with van der Waals surface area (Å²) < 4.78 is 13.4. The van der Waals surface area contributed by atoms with Crippen molar-refractivity contribution in [3.8, 4) is 0 Å². The number of nitrogens with one attached hydrogen (secondary N) is 1. The zero-order valence-electron chi connectivity index (χ0n) is 7.01. The molecule has 0 unspecified atom stereocenters. The number of nitrogens with zero attached hydrogens (tertiary/aromatic N) is 1. The van der Waals surface area contributed by atoms with Gasteiger partial charge in [-0.05, 0) is 40.8 Å². The zero-order chi connectivity index (χ0) is 9.84. The summed E-state index contributed by atoms with van der Waals surface area (Å²) in [6.45, 7) is 0. The van der Waals surface area contributed by atoms with Crippen molar-refractivity contribution < 1.29 is 4.39 Å². The van der Waals surface area contributed by atoms with Crippen molar-refractivity contribution in [3.63, 3.8) is 0 Å². The summed E-state index contributed by atoms with van der Waals surface area (Å²) in [4.78, 5) is 3.73. The van der Waals surface area contributed by atoms with Gasteiger partial charge in [-0.2, -0.15) is 0 Å². The highest BCUT2D eigenvalue weighted by Crippen LogP contribution is 2.18. The predicted molar refractivity (Wildman–Crippen MR) is 60.3 cm³/mol. The van der Waals surface area contributed by atoms with Gasteiger partial charge in [0.25, 0.3) is 0 Å². The lowest BCUT2D eigenvalue weighted by Crippen LogP contribution is -2.22. The van der Waals surface area contributed by atoms with Crippen LogP contribution < -0.4 is 11.1 Å².